The highest BCUT2D eigenvalue weighted by Crippen LogP contribution is 2.38. The van der Waals surface area contributed by atoms with Crippen molar-refractivity contribution in [2.45, 2.75) is 24.8 Å². The average Bonchev–Trinajstić information content (AvgIpc) is 2.88. The van der Waals surface area contributed by atoms with Crippen molar-refractivity contribution < 1.29 is 26.7 Å². The molecule has 0 spiro atoms. The van der Waals surface area contributed by atoms with Crippen molar-refractivity contribution in [1.29, 1.82) is 0 Å². The van der Waals surface area contributed by atoms with E-state index in [0.29, 0.717) is 22.9 Å². The van der Waals surface area contributed by atoms with Crippen LogP contribution in [-0.2, 0) is 14.8 Å². The van der Waals surface area contributed by atoms with Crippen molar-refractivity contribution in [3.05, 3.63) is 102 Å². The van der Waals surface area contributed by atoms with Crippen LogP contribution in [0.25, 0.3) is 0 Å². The van der Waals surface area contributed by atoms with Gasteiger partial charge in [0.15, 0.2) is 0 Å². The molecule has 0 saturated carbocycles. The van der Waals surface area contributed by atoms with Gasteiger partial charge in [0.1, 0.15) is 24.0 Å². The third kappa shape index (κ3) is 6.47. The van der Waals surface area contributed by atoms with E-state index in [-0.39, 0.29) is 24.0 Å². The zero-order valence-corrected chi connectivity index (χ0v) is 22.0. The molecule has 0 bridgehead atoms. The first kappa shape index (κ1) is 28.1. The maximum absolute atomic E-state index is 15.0. The Bertz CT molecular complexity index is 1370. The third-order valence-corrected chi connectivity index (χ3v) is 7.87. The van der Waals surface area contributed by atoms with E-state index in [1.54, 1.807) is 36.1 Å². The highest BCUT2D eigenvalue weighted by molar-refractivity contribution is 7.92. The molecule has 0 aliphatic heterocycles. The molecule has 1 amide bonds. The first-order chi connectivity index (χ1) is 17.6. The van der Waals surface area contributed by atoms with E-state index in [1.807, 2.05) is 6.92 Å². The Morgan fingerprint density at radius 3 is 2.43 bits per heavy atom. The lowest BCUT2D eigenvalue weighted by Crippen LogP contribution is -2.35. The number of nitrogens with zero attached hydrogens (tertiary/aromatic N) is 2. The summed E-state index contributed by atoms with van der Waals surface area (Å²) in [6.45, 7) is 7.72. The summed E-state index contributed by atoms with van der Waals surface area (Å²) in [5, 5.41) is 0.324. The van der Waals surface area contributed by atoms with Crippen LogP contribution in [0.4, 0.5) is 14.5 Å². The van der Waals surface area contributed by atoms with Gasteiger partial charge in [-0.15, -0.1) is 0 Å². The second-order valence-electron chi connectivity index (χ2n) is 8.03. The molecule has 1 atom stereocenters. The highest BCUT2D eigenvalue weighted by atomic mass is 35.5. The summed E-state index contributed by atoms with van der Waals surface area (Å²) in [4.78, 5) is 13.3. The monoisotopic (exact) mass is 548 g/mol. The van der Waals surface area contributed by atoms with Crippen molar-refractivity contribution in [1.82, 2.24) is 4.90 Å². The average molecular weight is 549 g/mol. The van der Waals surface area contributed by atoms with E-state index in [0.717, 1.165) is 22.5 Å². The van der Waals surface area contributed by atoms with Crippen LogP contribution in [0, 0.1) is 11.6 Å². The van der Waals surface area contributed by atoms with Gasteiger partial charge in [-0.3, -0.25) is 9.10 Å². The van der Waals surface area contributed by atoms with Gasteiger partial charge in [-0.25, -0.2) is 17.2 Å². The molecule has 0 aromatic heterocycles. The van der Waals surface area contributed by atoms with Crippen LogP contribution in [0.5, 0.6) is 5.75 Å². The Balaban J connectivity index is 2.04. The van der Waals surface area contributed by atoms with Crippen molar-refractivity contribution in [2.24, 2.45) is 0 Å². The molecule has 3 aromatic carbocycles. The molecule has 10 heteroatoms. The van der Waals surface area contributed by atoms with Gasteiger partial charge in [-0.2, -0.15) is 0 Å². The summed E-state index contributed by atoms with van der Waals surface area (Å²) in [5.74, 6) is -1.61. The Hall–Kier alpha value is -3.43. The molecule has 6 nitrogen and oxygen atoms in total. The van der Waals surface area contributed by atoms with E-state index >= 15 is 0 Å². The summed E-state index contributed by atoms with van der Waals surface area (Å²) in [6, 6.07) is 13.7. The zero-order valence-electron chi connectivity index (χ0n) is 20.4. The van der Waals surface area contributed by atoms with Crippen molar-refractivity contribution in [3.8, 4) is 5.75 Å². The fourth-order valence-electron chi connectivity index (χ4n) is 3.82. The topological polar surface area (TPSA) is 66.9 Å². The second-order valence-corrected chi connectivity index (χ2v) is 10.3. The number of halogens is 3. The minimum atomic E-state index is -4.38. The summed E-state index contributed by atoms with van der Waals surface area (Å²) in [5.41, 5.74) is -0.0345. The van der Waals surface area contributed by atoms with E-state index < -0.39 is 33.4 Å². The molecule has 0 aliphatic carbocycles. The molecular weight excluding hydrogens is 522 g/mol. The van der Waals surface area contributed by atoms with Crippen LogP contribution >= 0.6 is 11.6 Å². The van der Waals surface area contributed by atoms with Gasteiger partial charge in [-0.1, -0.05) is 36.4 Å². The second kappa shape index (κ2) is 12.2. The number of benzene rings is 3. The lowest BCUT2D eigenvalue weighted by molar-refractivity contribution is -0.126. The normalized spacial score (nSPS) is 12.0. The lowest BCUT2D eigenvalue weighted by Gasteiger charge is -2.32. The Labute approximate surface area is 220 Å². The predicted molar refractivity (Wildman–Crippen MR) is 140 cm³/mol. The Morgan fingerprint density at radius 1 is 1.11 bits per heavy atom. The standard InChI is InChI=1S/C27H27ClF2N2O4S/c1-4-27(33)31(5-2)16-17-36-26-9-7-6-8-23(26)19(3)32(25-18-21(29)12-15-24(25)30)37(34,35)22-13-10-20(28)11-14-22/h4,6-15,18-19H,1,5,16-17H2,2-3H3. The molecule has 0 heterocycles. The largest absolute Gasteiger partial charge is 0.491 e. The van der Waals surface area contributed by atoms with Crippen LogP contribution in [0.1, 0.15) is 25.5 Å². The van der Waals surface area contributed by atoms with Crippen molar-refractivity contribution in [2.75, 3.05) is 24.0 Å². The van der Waals surface area contributed by atoms with Gasteiger partial charge in [0, 0.05) is 23.2 Å². The number of para-hydroxylation sites is 1. The number of amides is 1. The third-order valence-electron chi connectivity index (χ3n) is 5.72. The quantitative estimate of drug-likeness (QED) is 0.276. The van der Waals surface area contributed by atoms with Gasteiger partial charge in [0.2, 0.25) is 5.91 Å². The molecule has 37 heavy (non-hydrogen) atoms. The molecule has 0 saturated heterocycles. The maximum atomic E-state index is 15.0. The molecule has 0 N–H and O–H groups in total. The number of sulfonamides is 1. The molecule has 3 aromatic rings. The fraction of sp³-hybridized carbons (Fsp3) is 0.222. The number of hydrogen-bond acceptors (Lipinski definition) is 4. The number of carbonyl (C=O) groups is 1. The zero-order chi connectivity index (χ0) is 27.2. The smallest absolute Gasteiger partial charge is 0.264 e. The number of rotatable bonds is 11. The Kier molecular flexibility index (Phi) is 9.29. The van der Waals surface area contributed by atoms with Gasteiger partial charge < -0.3 is 9.64 Å². The summed E-state index contributed by atoms with van der Waals surface area (Å²) in [7, 11) is -4.38. The van der Waals surface area contributed by atoms with Gasteiger partial charge >= 0.3 is 0 Å². The molecule has 1 unspecified atom stereocenters. The van der Waals surface area contributed by atoms with Crippen LogP contribution < -0.4 is 9.04 Å². The summed E-state index contributed by atoms with van der Waals surface area (Å²) < 4.78 is 63.5. The first-order valence-corrected chi connectivity index (χ1v) is 13.3. The van der Waals surface area contributed by atoms with E-state index in [9.17, 15) is 22.0 Å². The van der Waals surface area contributed by atoms with Gasteiger partial charge in [0.05, 0.1) is 23.2 Å². The molecule has 0 aliphatic rings. The maximum Gasteiger partial charge on any atom is 0.264 e. The number of carbonyl (C=O) groups excluding carboxylic acids is 1. The molecule has 3 rings (SSSR count). The number of anilines is 1. The number of ether oxygens (including phenoxy) is 1. The number of likely N-dealkylation sites (N-methyl/N-ethyl adjacent to an activating group) is 1. The Morgan fingerprint density at radius 2 is 1.78 bits per heavy atom. The van der Waals surface area contributed by atoms with Gasteiger partial charge in [-0.05, 0) is 62.4 Å². The summed E-state index contributed by atoms with van der Waals surface area (Å²) >= 11 is 5.93. The van der Waals surface area contributed by atoms with E-state index in [4.69, 9.17) is 16.3 Å². The van der Waals surface area contributed by atoms with Gasteiger partial charge in [0.25, 0.3) is 10.0 Å². The van der Waals surface area contributed by atoms with Crippen LogP contribution in [-0.4, -0.2) is 38.9 Å². The highest BCUT2D eigenvalue weighted by Gasteiger charge is 2.34. The van der Waals surface area contributed by atoms with Crippen molar-refractivity contribution in [3.63, 3.8) is 0 Å². The minimum Gasteiger partial charge on any atom is -0.491 e. The van der Waals surface area contributed by atoms with E-state index in [2.05, 4.69) is 6.58 Å². The number of hydrogen-bond donors (Lipinski definition) is 0. The summed E-state index contributed by atoms with van der Waals surface area (Å²) in [6.07, 6.45) is 1.21. The van der Waals surface area contributed by atoms with Crippen LogP contribution in [0.15, 0.2) is 84.3 Å². The molecular formula is C27H27ClF2N2O4S. The first-order valence-electron chi connectivity index (χ1n) is 11.5. The van der Waals surface area contributed by atoms with E-state index in [1.165, 1.54) is 30.3 Å². The molecule has 0 fully saturated rings. The SMILES string of the molecule is C=CC(=O)N(CC)CCOc1ccccc1C(C)N(c1cc(F)ccc1F)S(=O)(=O)c1ccc(Cl)cc1. The lowest BCUT2D eigenvalue weighted by atomic mass is 10.1. The van der Waals surface area contributed by atoms with Crippen molar-refractivity contribution >= 4 is 33.2 Å². The van der Waals surface area contributed by atoms with Crippen LogP contribution in [0.3, 0.4) is 0 Å². The van der Waals surface area contributed by atoms with Crippen LogP contribution in [0.2, 0.25) is 5.02 Å². The fourth-order valence-corrected chi connectivity index (χ4v) is 5.59. The molecule has 0 radical (unpaired) electrons. The minimum absolute atomic E-state index is 0.120. The predicted octanol–water partition coefficient (Wildman–Crippen LogP) is 5.99. The molecule has 196 valence electrons.